The molecular weight excluding hydrogens is 336 g/mol. The minimum absolute atomic E-state index is 0.0830. The first-order valence-corrected chi connectivity index (χ1v) is 8.39. The number of nitrogens with zero attached hydrogens (tertiary/aromatic N) is 2. The topological polar surface area (TPSA) is 70.4 Å². The zero-order chi connectivity index (χ0) is 17.6. The van der Waals surface area contributed by atoms with Gasteiger partial charge in [-0.3, -0.25) is 14.5 Å². The molecule has 0 aliphatic carbocycles. The number of para-hydroxylation sites is 1. The quantitative estimate of drug-likeness (QED) is 0.767. The highest BCUT2D eigenvalue weighted by atomic mass is 32.2. The summed E-state index contributed by atoms with van der Waals surface area (Å²) in [4.78, 5) is 26.3. The molecule has 25 heavy (non-hydrogen) atoms. The van der Waals surface area contributed by atoms with Gasteiger partial charge in [-0.25, -0.2) is 0 Å². The van der Waals surface area contributed by atoms with Gasteiger partial charge in [0.1, 0.15) is 11.8 Å². The number of hydrogen-bond donors (Lipinski definition) is 0. The third-order valence-corrected chi connectivity index (χ3v) is 4.46. The Balaban J connectivity index is 1.82. The summed E-state index contributed by atoms with van der Waals surface area (Å²) in [6.45, 7) is 0.162. The number of thioether (sulfide) groups is 1. The van der Waals surface area contributed by atoms with Crippen molar-refractivity contribution in [3.63, 3.8) is 0 Å². The maximum atomic E-state index is 12.6. The van der Waals surface area contributed by atoms with Gasteiger partial charge in [-0.15, -0.1) is 0 Å². The molecule has 1 aliphatic rings. The minimum Gasteiger partial charge on any atom is -0.478 e. The molecular formula is C19H14N2O3S. The van der Waals surface area contributed by atoms with Crippen LogP contribution in [0.5, 0.6) is 5.75 Å². The number of imide groups is 1. The van der Waals surface area contributed by atoms with Gasteiger partial charge in [-0.2, -0.15) is 5.26 Å². The van der Waals surface area contributed by atoms with Crippen molar-refractivity contribution in [2.75, 3.05) is 6.61 Å². The SMILES string of the molecule is N#CCOc1ccccc1/C=C1\SC(=O)N(Cc2ccccc2)C1=O. The van der Waals surface area contributed by atoms with E-state index in [1.165, 1.54) is 4.90 Å². The van der Waals surface area contributed by atoms with Crippen LogP contribution in [0.2, 0.25) is 0 Å². The molecule has 3 rings (SSSR count). The van der Waals surface area contributed by atoms with E-state index in [1.807, 2.05) is 36.4 Å². The van der Waals surface area contributed by atoms with E-state index in [9.17, 15) is 9.59 Å². The number of hydrogen-bond acceptors (Lipinski definition) is 5. The molecule has 6 heteroatoms. The highest BCUT2D eigenvalue weighted by molar-refractivity contribution is 8.18. The van der Waals surface area contributed by atoms with Crippen molar-refractivity contribution in [1.82, 2.24) is 4.90 Å². The van der Waals surface area contributed by atoms with E-state index in [-0.39, 0.29) is 24.3 Å². The summed E-state index contributed by atoms with van der Waals surface area (Å²) in [6, 6.07) is 18.4. The van der Waals surface area contributed by atoms with Gasteiger partial charge in [0.25, 0.3) is 11.1 Å². The van der Waals surface area contributed by atoms with Crippen LogP contribution in [0.3, 0.4) is 0 Å². The van der Waals surface area contributed by atoms with Crippen LogP contribution in [0.1, 0.15) is 11.1 Å². The Morgan fingerprint density at radius 2 is 1.80 bits per heavy atom. The van der Waals surface area contributed by atoms with Crippen molar-refractivity contribution in [3.8, 4) is 11.8 Å². The lowest BCUT2D eigenvalue weighted by Crippen LogP contribution is -2.27. The number of carbonyl (C=O) groups is 2. The van der Waals surface area contributed by atoms with Gasteiger partial charge in [0.2, 0.25) is 0 Å². The zero-order valence-corrected chi connectivity index (χ0v) is 14.0. The molecule has 2 aromatic rings. The Kier molecular flexibility index (Phi) is 5.17. The van der Waals surface area contributed by atoms with Gasteiger partial charge < -0.3 is 4.74 Å². The second-order valence-electron chi connectivity index (χ2n) is 5.24. The molecule has 1 heterocycles. The smallest absolute Gasteiger partial charge is 0.293 e. The molecule has 1 aliphatic heterocycles. The Labute approximate surface area is 149 Å². The number of rotatable bonds is 5. The highest BCUT2D eigenvalue weighted by Crippen LogP contribution is 2.34. The van der Waals surface area contributed by atoms with E-state index in [4.69, 9.17) is 10.00 Å². The number of benzene rings is 2. The van der Waals surface area contributed by atoms with Gasteiger partial charge in [-0.1, -0.05) is 48.5 Å². The van der Waals surface area contributed by atoms with Crippen LogP contribution in [-0.2, 0) is 11.3 Å². The van der Waals surface area contributed by atoms with Crippen LogP contribution in [0, 0.1) is 11.3 Å². The Bertz CT molecular complexity index is 872. The van der Waals surface area contributed by atoms with Crippen molar-refractivity contribution >= 4 is 29.0 Å². The van der Waals surface area contributed by atoms with Gasteiger partial charge >= 0.3 is 0 Å². The molecule has 1 saturated heterocycles. The average Bonchev–Trinajstić information content (AvgIpc) is 2.89. The van der Waals surface area contributed by atoms with E-state index in [0.29, 0.717) is 16.2 Å². The monoisotopic (exact) mass is 350 g/mol. The Morgan fingerprint density at radius 3 is 2.56 bits per heavy atom. The third-order valence-electron chi connectivity index (χ3n) is 3.55. The predicted molar refractivity (Wildman–Crippen MR) is 95.5 cm³/mol. The third kappa shape index (κ3) is 3.90. The van der Waals surface area contributed by atoms with Crippen molar-refractivity contribution in [3.05, 3.63) is 70.6 Å². The molecule has 0 unspecified atom stereocenters. The number of amides is 2. The lowest BCUT2D eigenvalue weighted by atomic mass is 10.1. The van der Waals surface area contributed by atoms with Crippen LogP contribution in [0.15, 0.2) is 59.5 Å². The van der Waals surface area contributed by atoms with Crippen LogP contribution < -0.4 is 4.74 Å². The van der Waals surface area contributed by atoms with E-state index in [2.05, 4.69) is 0 Å². The molecule has 1 fully saturated rings. The summed E-state index contributed by atoms with van der Waals surface area (Å²) < 4.78 is 5.36. The fraction of sp³-hybridized carbons (Fsp3) is 0.105. The van der Waals surface area contributed by atoms with Crippen LogP contribution >= 0.6 is 11.8 Å². The molecule has 0 atom stereocenters. The number of carbonyl (C=O) groups excluding carboxylic acids is 2. The molecule has 0 spiro atoms. The molecule has 0 saturated carbocycles. The summed E-state index contributed by atoms with van der Waals surface area (Å²) in [5.41, 5.74) is 1.55. The predicted octanol–water partition coefficient (Wildman–Crippen LogP) is 3.83. The molecule has 2 aromatic carbocycles. The Hall–Kier alpha value is -3.04. The fourth-order valence-corrected chi connectivity index (χ4v) is 3.21. The normalized spacial score (nSPS) is 15.5. The van der Waals surface area contributed by atoms with Gasteiger partial charge in [0, 0.05) is 5.56 Å². The Morgan fingerprint density at radius 1 is 1.08 bits per heavy atom. The highest BCUT2D eigenvalue weighted by Gasteiger charge is 2.35. The van der Waals surface area contributed by atoms with Gasteiger partial charge in [0.15, 0.2) is 6.61 Å². The van der Waals surface area contributed by atoms with Crippen molar-refractivity contribution in [2.45, 2.75) is 6.54 Å². The van der Waals surface area contributed by atoms with Crippen LogP contribution in [0.25, 0.3) is 6.08 Å². The summed E-state index contributed by atoms with van der Waals surface area (Å²) >= 11 is 0.906. The van der Waals surface area contributed by atoms with Gasteiger partial charge in [-0.05, 0) is 29.5 Å². The van der Waals surface area contributed by atoms with E-state index in [0.717, 1.165) is 17.3 Å². The second-order valence-corrected chi connectivity index (χ2v) is 6.23. The summed E-state index contributed by atoms with van der Waals surface area (Å²) in [6.07, 6.45) is 1.63. The van der Waals surface area contributed by atoms with Crippen molar-refractivity contribution in [2.24, 2.45) is 0 Å². The standard InChI is InChI=1S/C19H14N2O3S/c20-10-11-24-16-9-5-4-8-15(16)12-17-18(22)21(19(23)25-17)13-14-6-2-1-3-7-14/h1-9,12H,11,13H2/b17-12-. The first-order chi connectivity index (χ1) is 12.2. The summed E-state index contributed by atoms with van der Waals surface area (Å²) in [5.74, 6) is 0.174. The van der Waals surface area contributed by atoms with E-state index in [1.54, 1.807) is 30.3 Å². The number of nitriles is 1. The first-order valence-electron chi connectivity index (χ1n) is 7.57. The summed E-state index contributed by atoms with van der Waals surface area (Å²) in [7, 11) is 0. The lowest BCUT2D eigenvalue weighted by Gasteiger charge is -2.12. The fourth-order valence-electron chi connectivity index (χ4n) is 2.38. The van der Waals surface area contributed by atoms with Crippen LogP contribution in [0.4, 0.5) is 4.79 Å². The van der Waals surface area contributed by atoms with Crippen molar-refractivity contribution < 1.29 is 14.3 Å². The lowest BCUT2D eigenvalue weighted by molar-refractivity contribution is -0.123. The van der Waals surface area contributed by atoms with Gasteiger partial charge in [0.05, 0.1) is 11.4 Å². The number of ether oxygens (including phenoxy) is 1. The van der Waals surface area contributed by atoms with E-state index >= 15 is 0 Å². The average molecular weight is 350 g/mol. The molecule has 0 aromatic heterocycles. The molecule has 5 nitrogen and oxygen atoms in total. The molecule has 124 valence electrons. The van der Waals surface area contributed by atoms with Crippen LogP contribution in [-0.4, -0.2) is 22.7 Å². The molecule has 2 amide bonds. The first kappa shape index (κ1) is 16.8. The maximum Gasteiger partial charge on any atom is 0.293 e. The largest absolute Gasteiger partial charge is 0.478 e. The molecule has 0 N–H and O–H groups in total. The summed E-state index contributed by atoms with van der Waals surface area (Å²) in [5, 5.41) is 8.36. The minimum atomic E-state index is -0.325. The molecule has 0 bridgehead atoms. The van der Waals surface area contributed by atoms with Crippen molar-refractivity contribution in [1.29, 1.82) is 5.26 Å². The molecule has 0 radical (unpaired) electrons. The second kappa shape index (κ2) is 7.69. The zero-order valence-electron chi connectivity index (χ0n) is 13.2. The van der Waals surface area contributed by atoms with E-state index < -0.39 is 0 Å². The maximum absolute atomic E-state index is 12.6.